The molecule has 1 saturated heterocycles. The minimum atomic E-state index is -0.757. The Hall–Kier alpha value is -3.26. The lowest BCUT2D eigenvalue weighted by atomic mass is 9.70. The number of carbonyl (C=O) groups is 2. The van der Waals surface area contributed by atoms with Crippen LogP contribution in [0.15, 0.2) is 54.6 Å². The Labute approximate surface area is 238 Å². The molecular weight excluding hydrogens is 508 g/mol. The van der Waals surface area contributed by atoms with Gasteiger partial charge >= 0.3 is 12.1 Å². The molecule has 0 aromatic heterocycles. The summed E-state index contributed by atoms with van der Waals surface area (Å²) in [7, 11) is 5.64. The van der Waals surface area contributed by atoms with Crippen molar-refractivity contribution in [1.82, 2.24) is 9.80 Å². The van der Waals surface area contributed by atoms with E-state index in [4.69, 9.17) is 18.9 Å². The van der Waals surface area contributed by atoms with Gasteiger partial charge < -0.3 is 18.9 Å². The number of amides is 1. The lowest BCUT2D eigenvalue weighted by Crippen LogP contribution is -2.49. The molecule has 218 valence electrons. The molecule has 1 amide bonds. The largest absolute Gasteiger partial charge is 0.488 e. The van der Waals surface area contributed by atoms with Crippen LogP contribution in [-0.2, 0) is 19.8 Å². The minimum absolute atomic E-state index is 0.00620. The molecule has 40 heavy (non-hydrogen) atoms. The first kappa shape index (κ1) is 29.7. The van der Waals surface area contributed by atoms with E-state index in [1.807, 2.05) is 24.3 Å². The van der Waals surface area contributed by atoms with Crippen molar-refractivity contribution in [2.45, 2.75) is 88.7 Å². The Morgan fingerprint density at radius 2 is 1.60 bits per heavy atom. The van der Waals surface area contributed by atoms with Crippen LogP contribution in [-0.4, -0.2) is 73.0 Å². The number of hydrogen-bond donors (Lipinski definition) is 0. The Balaban J connectivity index is 1.42. The van der Waals surface area contributed by atoms with E-state index in [0.29, 0.717) is 12.2 Å². The van der Waals surface area contributed by atoms with E-state index in [1.165, 1.54) is 17.6 Å². The summed E-state index contributed by atoms with van der Waals surface area (Å²) in [5.74, 6) is 0.885. The SMILES string of the molecule is COC(=O)[C@@H]1C[C@H](Oc2cccc(OC3(C)CCC(c4ccccc4)(N(C)C)CC3)c2)CN1C(=O)OC(C)(C)C. The van der Waals surface area contributed by atoms with Crippen LogP contribution in [0.1, 0.15) is 65.4 Å². The number of carbonyl (C=O) groups excluding carboxylic acids is 2. The van der Waals surface area contributed by atoms with Crippen LogP contribution in [0.4, 0.5) is 4.79 Å². The quantitative estimate of drug-likeness (QED) is 0.403. The fourth-order valence-corrected chi connectivity index (χ4v) is 5.89. The van der Waals surface area contributed by atoms with Crippen molar-refractivity contribution in [3.63, 3.8) is 0 Å². The molecule has 0 unspecified atom stereocenters. The van der Waals surface area contributed by atoms with Crippen molar-refractivity contribution < 1.29 is 28.5 Å². The van der Waals surface area contributed by atoms with Gasteiger partial charge in [0.25, 0.3) is 0 Å². The predicted octanol–water partition coefficient (Wildman–Crippen LogP) is 5.79. The maximum Gasteiger partial charge on any atom is 0.411 e. The second kappa shape index (κ2) is 11.7. The Kier molecular flexibility index (Phi) is 8.69. The van der Waals surface area contributed by atoms with E-state index >= 15 is 0 Å². The zero-order chi connectivity index (χ0) is 29.1. The average molecular weight is 553 g/mol. The van der Waals surface area contributed by atoms with Crippen LogP contribution in [0.2, 0.25) is 0 Å². The van der Waals surface area contributed by atoms with Crippen LogP contribution < -0.4 is 9.47 Å². The first-order valence-corrected chi connectivity index (χ1v) is 14.1. The summed E-state index contributed by atoms with van der Waals surface area (Å²) in [5, 5.41) is 0. The Bertz CT molecular complexity index is 1170. The molecule has 0 radical (unpaired) electrons. The maximum atomic E-state index is 12.8. The fourth-order valence-electron chi connectivity index (χ4n) is 5.89. The highest BCUT2D eigenvalue weighted by atomic mass is 16.6. The molecule has 1 heterocycles. The van der Waals surface area contributed by atoms with Crippen molar-refractivity contribution >= 4 is 12.1 Å². The van der Waals surface area contributed by atoms with Gasteiger partial charge in [-0.3, -0.25) is 9.80 Å². The third-order valence-corrected chi connectivity index (χ3v) is 8.14. The Morgan fingerprint density at radius 1 is 0.950 bits per heavy atom. The van der Waals surface area contributed by atoms with Gasteiger partial charge in [0.05, 0.1) is 13.7 Å². The summed E-state index contributed by atoms with van der Waals surface area (Å²) in [6.45, 7) is 7.79. The second-order valence-electron chi connectivity index (χ2n) is 12.5. The fraction of sp³-hybridized carbons (Fsp3) is 0.562. The molecule has 1 aliphatic heterocycles. The summed E-state index contributed by atoms with van der Waals surface area (Å²) in [5.41, 5.74) is 0.363. The molecule has 0 N–H and O–H groups in total. The van der Waals surface area contributed by atoms with Gasteiger partial charge in [0.2, 0.25) is 0 Å². The molecule has 1 saturated carbocycles. The van der Waals surface area contributed by atoms with Gasteiger partial charge in [-0.05, 0) is 85.2 Å². The van der Waals surface area contributed by atoms with Crippen LogP contribution in [0, 0.1) is 0 Å². The van der Waals surface area contributed by atoms with Crippen molar-refractivity contribution in [1.29, 1.82) is 0 Å². The lowest BCUT2D eigenvalue weighted by molar-refractivity contribution is -0.145. The van der Waals surface area contributed by atoms with E-state index in [2.05, 4.69) is 56.3 Å². The first-order valence-electron chi connectivity index (χ1n) is 14.1. The number of benzene rings is 2. The molecule has 0 spiro atoms. The molecule has 0 bridgehead atoms. The highest BCUT2D eigenvalue weighted by Crippen LogP contribution is 2.46. The molecule has 8 nitrogen and oxygen atoms in total. The molecule has 2 aliphatic rings. The van der Waals surface area contributed by atoms with Gasteiger partial charge in [-0.25, -0.2) is 9.59 Å². The van der Waals surface area contributed by atoms with Gasteiger partial charge in [0.15, 0.2) is 0 Å². The van der Waals surface area contributed by atoms with Crippen LogP contribution in [0.5, 0.6) is 11.5 Å². The Morgan fingerprint density at radius 3 is 2.20 bits per heavy atom. The average Bonchev–Trinajstić information content (AvgIpc) is 3.32. The van der Waals surface area contributed by atoms with Crippen LogP contribution in [0.25, 0.3) is 0 Å². The first-order chi connectivity index (χ1) is 18.8. The number of hydrogen-bond acceptors (Lipinski definition) is 7. The monoisotopic (exact) mass is 552 g/mol. The molecule has 8 heteroatoms. The molecule has 2 fully saturated rings. The maximum absolute atomic E-state index is 12.8. The van der Waals surface area contributed by atoms with Gasteiger partial charge in [-0.1, -0.05) is 36.4 Å². The third-order valence-electron chi connectivity index (χ3n) is 8.14. The molecule has 1 aliphatic carbocycles. The van der Waals surface area contributed by atoms with E-state index in [9.17, 15) is 9.59 Å². The molecular formula is C32H44N2O6. The number of likely N-dealkylation sites (tertiary alicyclic amines) is 1. The van der Waals surface area contributed by atoms with Gasteiger partial charge in [-0.2, -0.15) is 0 Å². The van der Waals surface area contributed by atoms with Crippen LogP contribution >= 0.6 is 0 Å². The number of esters is 1. The summed E-state index contributed by atoms with van der Waals surface area (Å²) < 4.78 is 23.3. The summed E-state index contributed by atoms with van der Waals surface area (Å²) in [6.07, 6.45) is 3.20. The highest BCUT2D eigenvalue weighted by molar-refractivity contribution is 5.82. The number of ether oxygens (including phenoxy) is 4. The minimum Gasteiger partial charge on any atom is -0.488 e. The predicted molar refractivity (Wildman–Crippen MR) is 154 cm³/mol. The zero-order valence-electron chi connectivity index (χ0n) is 24.9. The van der Waals surface area contributed by atoms with Crippen molar-refractivity contribution in [2.24, 2.45) is 0 Å². The van der Waals surface area contributed by atoms with E-state index in [-0.39, 0.29) is 23.8 Å². The normalized spacial score (nSPS) is 26.9. The summed E-state index contributed by atoms with van der Waals surface area (Å²) in [4.78, 5) is 29.0. The number of nitrogens with zero attached hydrogens (tertiary/aromatic N) is 2. The number of methoxy groups -OCH3 is 1. The van der Waals surface area contributed by atoms with Gasteiger partial charge in [0.1, 0.15) is 34.8 Å². The van der Waals surface area contributed by atoms with Crippen molar-refractivity contribution in [3.05, 3.63) is 60.2 Å². The summed E-state index contributed by atoms with van der Waals surface area (Å²) >= 11 is 0. The van der Waals surface area contributed by atoms with E-state index < -0.39 is 23.7 Å². The third kappa shape index (κ3) is 6.72. The highest BCUT2D eigenvalue weighted by Gasteiger charge is 2.45. The molecule has 4 rings (SSSR count). The van der Waals surface area contributed by atoms with Gasteiger partial charge in [0, 0.05) is 18.0 Å². The van der Waals surface area contributed by atoms with Crippen molar-refractivity contribution in [3.8, 4) is 11.5 Å². The smallest absolute Gasteiger partial charge is 0.411 e. The van der Waals surface area contributed by atoms with Crippen LogP contribution in [0.3, 0.4) is 0 Å². The molecule has 2 atom stereocenters. The zero-order valence-corrected chi connectivity index (χ0v) is 24.9. The van der Waals surface area contributed by atoms with Crippen molar-refractivity contribution in [2.75, 3.05) is 27.7 Å². The number of rotatable bonds is 7. The lowest BCUT2D eigenvalue weighted by Gasteiger charge is -2.48. The molecule has 2 aromatic rings. The van der Waals surface area contributed by atoms with E-state index in [0.717, 1.165) is 31.4 Å². The van der Waals surface area contributed by atoms with E-state index in [1.54, 1.807) is 20.8 Å². The standard InChI is InChI=1S/C32H44N2O6/c1-30(2,3)40-29(36)34-22-26(21-27(34)28(35)37-7)38-24-14-11-15-25(20-24)39-31(4)16-18-32(19-17-31,33(5)6)23-12-9-8-10-13-23/h8-15,20,26-27H,16-19,21-22H2,1-7H3/t26-,27-,31?,32?/m0/s1. The molecule has 2 aromatic carbocycles. The van der Waals surface area contributed by atoms with Gasteiger partial charge in [-0.15, -0.1) is 0 Å². The summed E-state index contributed by atoms with van der Waals surface area (Å²) in [6, 6.07) is 17.6. The second-order valence-corrected chi connectivity index (χ2v) is 12.5. The topological polar surface area (TPSA) is 77.5 Å².